The molecule has 2 aromatic rings. The van der Waals surface area contributed by atoms with Crippen LogP contribution in [-0.2, 0) is 12.7 Å². The number of aromatic nitrogens is 2. The van der Waals surface area contributed by atoms with Crippen molar-refractivity contribution in [3.8, 4) is 0 Å². The smallest absolute Gasteiger partial charge is 0.324 e. The topological polar surface area (TPSA) is 49.8 Å². The molecule has 1 heterocycles. The molecule has 0 bridgehead atoms. The lowest BCUT2D eigenvalue weighted by molar-refractivity contribution is -0.141. The molecule has 8 heteroatoms. The Morgan fingerprint density at radius 3 is 2.64 bits per heavy atom. The fraction of sp³-hybridized carbons (Fsp3) is 0.412. The van der Waals surface area contributed by atoms with E-state index in [0.717, 1.165) is 25.1 Å². The van der Waals surface area contributed by atoms with Crippen LogP contribution in [0, 0.1) is 11.7 Å². The number of anilines is 2. The van der Waals surface area contributed by atoms with Gasteiger partial charge in [0.2, 0.25) is 5.95 Å². The first-order valence-electron chi connectivity index (χ1n) is 8.08. The standard InChI is InChI=1S/C17H18F4N4/c18-13-5-2-6-14(7-13)24-16-23-10-12(15(25-16)17(19,20)21)9-22-8-11-3-1-4-11/h2,5-7,10-11,22H,1,3-4,8-9H2,(H,23,24,25). The molecule has 0 spiro atoms. The van der Waals surface area contributed by atoms with Gasteiger partial charge >= 0.3 is 6.18 Å². The Labute approximate surface area is 142 Å². The van der Waals surface area contributed by atoms with Crippen LogP contribution in [0.3, 0.4) is 0 Å². The van der Waals surface area contributed by atoms with Gasteiger partial charge in [0, 0.05) is 24.0 Å². The summed E-state index contributed by atoms with van der Waals surface area (Å²) in [5.41, 5.74) is -0.705. The minimum Gasteiger partial charge on any atom is -0.324 e. The Morgan fingerprint density at radius 1 is 1.20 bits per heavy atom. The molecule has 0 saturated heterocycles. The number of halogens is 4. The molecular formula is C17H18F4N4. The Bertz CT molecular complexity index is 729. The summed E-state index contributed by atoms with van der Waals surface area (Å²) >= 11 is 0. The fourth-order valence-corrected chi connectivity index (χ4v) is 2.65. The maximum atomic E-state index is 13.3. The summed E-state index contributed by atoms with van der Waals surface area (Å²) in [6.07, 6.45) is -0.0119. The number of hydrogen-bond acceptors (Lipinski definition) is 4. The van der Waals surface area contributed by atoms with Gasteiger partial charge in [0.05, 0.1) is 0 Å². The molecule has 1 aromatic carbocycles. The van der Waals surface area contributed by atoms with Crippen molar-refractivity contribution in [3.63, 3.8) is 0 Å². The normalized spacial score (nSPS) is 15.0. The summed E-state index contributed by atoms with van der Waals surface area (Å²) in [6, 6.07) is 5.36. The van der Waals surface area contributed by atoms with Gasteiger partial charge in [-0.1, -0.05) is 12.5 Å². The van der Waals surface area contributed by atoms with Gasteiger partial charge in [0.25, 0.3) is 0 Å². The largest absolute Gasteiger partial charge is 0.433 e. The summed E-state index contributed by atoms with van der Waals surface area (Å²) in [5.74, 6) is -0.178. The van der Waals surface area contributed by atoms with E-state index >= 15 is 0 Å². The van der Waals surface area contributed by atoms with Gasteiger partial charge < -0.3 is 10.6 Å². The molecule has 0 aliphatic heterocycles. The van der Waals surface area contributed by atoms with Crippen LogP contribution in [0.15, 0.2) is 30.5 Å². The summed E-state index contributed by atoms with van der Waals surface area (Å²) in [6.45, 7) is 0.756. The van der Waals surface area contributed by atoms with E-state index in [-0.39, 0.29) is 23.7 Å². The monoisotopic (exact) mass is 354 g/mol. The number of nitrogens with one attached hydrogen (secondary N) is 2. The van der Waals surface area contributed by atoms with E-state index < -0.39 is 17.7 Å². The first kappa shape index (κ1) is 17.6. The molecule has 0 atom stereocenters. The summed E-state index contributed by atoms with van der Waals surface area (Å²) in [4.78, 5) is 7.52. The Kier molecular flexibility index (Phi) is 5.17. The molecule has 1 fully saturated rings. The lowest BCUT2D eigenvalue weighted by Gasteiger charge is -2.25. The van der Waals surface area contributed by atoms with Crippen LogP contribution in [0.2, 0.25) is 0 Å². The van der Waals surface area contributed by atoms with Crippen LogP contribution in [0.5, 0.6) is 0 Å². The highest BCUT2D eigenvalue weighted by atomic mass is 19.4. The second-order valence-corrected chi connectivity index (χ2v) is 6.13. The number of hydrogen-bond donors (Lipinski definition) is 2. The predicted molar refractivity (Wildman–Crippen MR) is 85.8 cm³/mol. The van der Waals surface area contributed by atoms with Crippen molar-refractivity contribution in [2.45, 2.75) is 32.0 Å². The van der Waals surface area contributed by atoms with Gasteiger partial charge in [-0.2, -0.15) is 13.2 Å². The zero-order valence-corrected chi connectivity index (χ0v) is 13.4. The molecule has 0 unspecified atom stereocenters. The molecule has 1 aliphatic carbocycles. The van der Waals surface area contributed by atoms with E-state index in [1.165, 1.54) is 24.6 Å². The van der Waals surface area contributed by atoms with Crippen molar-refractivity contribution in [2.75, 3.05) is 11.9 Å². The first-order valence-corrected chi connectivity index (χ1v) is 8.08. The van der Waals surface area contributed by atoms with E-state index in [2.05, 4.69) is 20.6 Å². The van der Waals surface area contributed by atoms with Crippen molar-refractivity contribution < 1.29 is 17.6 Å². The van der Waals surface area contributed by atoms with Gasteiger partial charge in [-0.25, -0.2) is 14.4 Å². The van der Waals surface area contributed by atoms with Crippen molar-refractivity contribution in [1.82, 2.24) is 15.3 Å². The molecule has 2 N–H and O–H groups in total. The highest BCUT2D eigenvalue weighted by Crippen LogP contribution is 2.31. The third-order valence-electron chi connectivity index (χ3n) is 4.19. The highest BCUT2D eigenvalue weighted by Gasteiger charge is 2.36. The molecule has 0 amide bonds. The van der Waals surface area contributed by atoms with E-state index in [0.29, 0.717) is 12.5 Å². The minimum atomic E-state index is -4.59. The van der Waals surface area contributed by atoms with Crippen molar-refractivity contribution >= 4 is 11.6 Å². The second-order valence-electron chi connectivity index (χ2n) is 6.13. The second kappa shape index (κ2) is 7.35. The zero-order valence-electron chi connectivity index (χ0n) is 13.4. The molecule has 1 aromatic heterocycles. The van der Waals surface area contributed by atoms with E-state index in [4.69, 9.17) is 0 Å². The average molecular weight is 354 g/mol. The summed E-state index contributed by atoms with van der Waals surface area (Å²) < 4.78 is 53.0. The molecule has 25 heavy (non-hydrogen) atoms. The number of rotatable bonds is 6. The Balaban J connectivity index is 1.74. The Morgan fingerprint density at radius 2 is 2.00 bits per heavy atom. The van der Waals surface area contributed by atoms with Crippen molar-refractivity contribution in [1.29, 1.82) is 0 Å². The molecule has 1 aliphatic rings. The molecule has 0 radical (unpaired) electrons. The van der Waals surface area contributed by atoms with Crippen LogP contribution in [0.25, 0.3) is 0 Å². The summed E-state index contributed by atoms with van der Waals surface area (Å²) in [5, 5.41) is 5.64. The number of nitrogens with zero attached hydrogens (tertiary/aromatic N) is 2. The molecular weight excluding hydrogens is 336 g/mol. The van der Waals surface area contributed by atoms with Gasteiger partial charge in [-0.05, 0) is 43.5 Å². The van der Waals surface area contributed by atoms with Gasteiger partial charge in [0.15, 0.2) is 5.69 Å². The first-order chi connectivity index (χ1) is 11.9. The SMILES string of the molecule is Fc1cccc(Nc2ncc(CNCC3CCC3)c(C(F)(F)F)n2)c1. The number of alkyl halides is 3. The third-order valence-corrected chi connectivity index (χ3v) is 4.19. The van der Waals surface area contributed by atoms with Gasteiger partial charge in [-0.15, -0.1) is 0 Å². The van der Waals surface area contributed by atoms with Crippen LogP contribution < -0.4 is 10.6 Å². The third kappa shape index (κ3) is 4.66. The lowest BCUT2D eigenvalue weighted by Crippen LogP contribution is -2.28. The van der Waals surface area contributed by atoms with E-state index in [9.17, 15) is 17.6 Å². The quantitative estimate of drug-likeness (QED) is 0.761. The Hall–Kier alpha value is -2.22. The van der Waals surface area contributed by atoms with Crippen LogP contribution in [-0.4, -0.2) is 16.5 Å². The van der Waals surface area contributed by atoms with Crippen LogP contribution in [0.1, 0.15) is 30.5 Å². The summed E-state index contributed by atoms with van der Waals surface area (Å²) in [7, 11) is 0. The predicted octanol–water partition coefficient (Wildman–Crippen LogP) is 4.27. The van der Waals surface area contributed by atoms with Gasteiger partial charge in [-0.3, -0.25) is 0 Å². The average Bonchev–Trinajstić information content (AvgIpc) is 2.50. The fourth-order valence-electron chi connectivity index (χ4n) is 2.65. The highest BCUT2D eigenvalue weighted by molar-refractivity contribution is 5.53. The van der Waals surface area contributed by atoms with Crippen molar-refractivity contribution in [3.05, 3.63) is 47.5 Å². The lowest BCUT2D eigenvalue weighted by atomic mass is 9.85. The minimum absolute atomic E-state index is 0.00313. The zero-order chi connectivity index (χ0) is 17.9. The van der Waals surface area contributed by atoms with Crippen molar-refractivity contribution in [2.24, 2.45) is 5.92 Å². The number of benzene rings is 1. The molecule has 134 valence electrons. The maximum absolute atomic E-state index is 13.3. The van der Waals surface area contributed by atoms with Gasteiger partial charge in [0.1, 0.15) is 5.82 Å². The van der Waals surface area contributed by atoms with Crippen LogP contribution >= 0.6 is 0 Å². The molecule has 4 nitrogen and oxygen atoms in total. The van der Waals surface area contributed by atoms with Crippen LogP contribution in [0.4, 0.5) is 29.2 Å². The molecule has 3 rings (SSSR count). The van der Waals surface area contributed by atoms with E-state index in [1.54, 1.807) is 0 Å². The maximum Gasteiger partial charge on any atom is 0.433 e. The molecule has 1 saturated carbocycles. The van der Waals surface area contributed by atoms with E-state index in [1.807, 2.05) is 0 Å².